The highest BCUT2D eigenvalue weighted by atomic mass is 31.2. The fourth-order valence-corrected chi connectivity index (χ4v) is 4.57. The van der Waals surface area contributed by atoms with Gasteiger partial charge in [0, 0.05) is 12.3 Å². The van der Waals surface area contributed by atoms with E-state index in [1.807, 2.05) is 4.98 Å². The largest absolute Gasteiger partial charge is 0.510 e. The molecule has 0 unspecified atom stereocenters. The summed E-state index contributed by atoms with van der Waals surface area (Å²) in [5.74, 6) is -2.93. The molecule has 0 aromatic carbocycles. The van der Waals surface area contributed by atoms with Gasteiger partial charge in [0.1, 0.15) is 19.0 Å². The van der Waals surface area contributed by atoms with Crippen LogP contribution in [0.5, 0.6) is 0 Å². The molecule has 226 valence electrons. The van der Waals surface area contributed by atoms with Crippen LogP contribution in [0.4, 0.5) is 14.0 Å². The Balaban J connectivity index is 1.75. The second kappa shape index (κ2) is 12.8. The second-order valence-corrected chi connectivity index (χ2v) is 10.8. The van der Waals surface area contributed by atoms with E-state index in [-0.39, 0.29) is 0 Å². The van der Waals surface area contributed by atoms with Gasteiger partial charge in [-0.1, -0.05) is 0 Å². The molecule has 0 aliphatic carbocycles. The van der Waals surface area contributed by atoms with Gasteiger partial charge in [-0.2, -0.15) is 0 Å². The molecule has 40 heavy (non-hydrogen) atoms. The van der Waals surface area contributed by atoms with Gasteiger partial charge in [-0.25, -0.2) is 32.4 Å². The Labute approximate surface area is 226 Å². The third kappa shape index (κ3) is 7.66. The van der Waals surface area contributed by atoms with Crippen molar-refractivity contribution in [1.82, 2.24) is 9.55 Å². The lowest BCUT2D eigenvalue weighted by atomic mass is 9.95. The number of aromatic amines is 1. The Hall–Kier alpha value is -2.86. The Kier molecular flexibility index (Phi) is 10.1. The number of nitrogens with zero attached hydrogens (tertiary/aromatic N) is 1. The van der Waals surface area contributed by atoms with Crippen molar-refractivity contribution in [2.24, 2.45) is 0 Å². The smallest absolute Gasteiger partial charge is 0.432 e. The lowest BCUT2D eigenvalue weighted by molar-refractivity contribution is -0.229. The number of hydrogen-bond acceptors (Lipinski definition) is 15. The van der Waals surface area contributed by atoms with Crippen molar-refractivity contribution in [2.45, 2.75) is 70.6 Å². The molecule has 2 fully saturated rings. The Morgan fingerprint density at radius 1 is 1.10 bits per heavy atom. The highest BCUT2D eigenvalue weighted by molar-refractivity contribution is 7.48. The van der Waals surface area contributed by atoms with Crippen LogP contribution in [0.1, 0.15) is 40.8 Å². The normalized spacial score (nSPS) is 26.1. The summed E-state index contributed by atoms with van der Waals surface area (Å²) < 4.78 is 80.2. The number of rotatable bonds is 12. The molecule has 1 aromatic heterocycles. The standard InChI is InChI=1S/C21H30FN2O15P/c1-12(2)37-18(27)31-10-35-40(29,36-11-32-19(28)38-13(3)4)34-8-21(22)15-20(5,33-9-30-15)16(39-21)24-7-6-14(25)23-17(24)26/h6-7,12-13,15-16H,8-11H2,1-5H3,(H,23,25,26)/t15-,16+,20+,21+/m0/s1. The molecule has 2 aliphatic heterocycles. The second-order valence-electron chi connectivity index (χ2n) is 9.10. The number of hydrogen-bond donors (Lipinski definition) is 1. The van der Waals surface area contributed by atoms with Crippen LogP contribution in [0.3, 0.4) is 0 Å². The first kappa shape index (κ1) is 31.7. The number of ether oxygens (including phenoxy) is 7. The van der Waals surface area contributed by atoms with Gasteiger partial charge < -0.3 is 33.2 Å². The molecule has 0 bridgehead atoms. The quantitative estimate of drug-likeness (QED) is 0.208. The fourth-order valence-electron chi connectivity index (χ4n) is 3.65. The Bertz CT molecular complexity index is 1190. The van der Waals surface area contributed by atoms with E-state index in [9.17, 15) is 23.7 Å². The van der Waals surface area contributed by atoms with Gasteiger partial charge >= 0.3 is 25.8 Å². The predicted octanol–water partition coefficient (Wildman–Crippen LogP) is 2.06. The van der Waals surface area contributed by atoms with Gasteiger partial charge in [-0.05, 0) is 34.6 Å². The number of phosphoric ester groups is 1. The number of aromatic nitrogens is 2. The Morgan fingerprint density at radius 3 is 2.20 bits per heavy atom. The summed E-state index contributed by atoms with van der Waals surface area (Å²) in [7, 11) is -4.86. The van der Waals surface area contributed by atoms with Gasteiger partial charge in [0.25, 0.3) is 11.4 Å². The van der Waals surface area contributed by atoms with Gasteiger partial charge in [0.05, 0.1) is 12.2 Å². The summed E-state index contributed by atoms with van der Waals surface area (Å²) in [5, 5.41) is 0. The van der Waals surface area contributed by atoms with Gasteiger partial charge in [0.2, 0.25) is 13.6 Å². The number of H-pyrrole nitrogens is 1. The maximum atomic E-state index is 16.2. The summed E-state index contributed by atoms with van der Waals surface area (Å²) in [6.07, 6.45) is -5.37. The lowest BCUT2D eigenvalue weighted by Crippen LogP contribution is -2.48. The van der Waals surface area contributed by atoms with Crippen LogP contribution < -0.4 is 11.2 Å². The minimum Gasteiger partial charge on any atom is -0.432 e. The van der Waals surface area contributed by atoms with Gasteiger partial charge in [-0.15, -0.1) is 0 Å². The average molecular weight is 600 g/mol. The lowest BCUT2D eigenvalue weighted by Gasteiger charge is -2.27. The molecule has 19 heteroatoms. The highest BCUT2D eigenvalue weighted by Gasteiger charge is 2.69. The predicted molar refractivity (Wildman–Crippen MR) is 125 cm³/mol. The summed E-state index contributed by atoms with van der Waals surface area (Å²) in [4.78, 5) is 49.0. The van der Waals surface area contributed by atoms with Crippen molar-refractivity contribution < 1.29 is 65.3 Å². The molecule has 0 saturated carbocycles. The molecule has 0 radical (unpaired) electrons. The van der Waals surface area contributed by atoms with Crippen LogP contribution in [-0.2, 0) is 51.3 Å². The molecule has 0 amide bonds. The molecular weight excluding hydrogens is 570 g/mol. The number of halogens is 1. The van der Waals surface area contributed by atoms with E-state index in [0.29, 0.717) is 0 Å². The molecule has 3 rings (SSSR count). The summed E-state index contributed by atoms with van der Waals surface area (Å²) in [6, 6.07) is 1.01. The van der Waals surface area contributed by atoms with Crippen molar-refractivity contribution in [1.29, 1.82) is 0 Å². The van der Waals surface area contributed by atoms with Crippen LogP contribution in [0.15, 0.2) is 21.9 Å². The van der Waals surface area contributed by atoms with E-state index in [0.717, 1.165) is 16.8 Å². The number of carbonyl (C=O) groups excluding carboxylic acids is 2. The molecular formula is C21H30FN2O15P. The number of fused-ring (bicyclic) bond motifs is 1. The van der Waals surface area contributed by atoms with Crippen molar-refractivity contribution in [2.75, 3.05) is 27.0 Å². The third-order valence-electron chi connectivity index (χ3n) is 5.28. The highest BCUT2D eigenvalue weighted by Crippen LogP contribution is 2.55. The summed E-state index contributed by atoms with van der Waals surface area (Å²) in [5.41, 5.74) is -3.24. The van der Waals surface area contributed by atoms with Crippen LogP contribution in [0, 0.1) is 0 Å². The summed E-state index contributed by atoms with van der Waals surface area (Å²) >= 11 is 0. The van der Waals surface area contributed by atoms with E-state index in [1.54, 1.807) is 27.7 Å². The maximum absolute atomic E-state index is 16.2. The number of phosphoric acid groups is 1. The molecule has 2 saturated heterocycles. The van der Waals surface area contributed by atoms with Crippen LogP contribution in [0.2, 0.25) is 0 Å². The molecule has 2 aliphatic rings. The molecule has 0 spiro atoms. The SMILES string of the molecule is CC(C)OC(=O)OCOP(=O)(OCOC(=O)OC(C)C)OC[C@@]1(F)O[C@@H](n2ccc(=O)[nH]c2=O)[C@]2(C)OCO[C@@H]21. The molecule has 4 atom stereocenters. The molecule has 3 heterocycles. The van der Waals surface area contributed by atoms with E-state index >= 15 is 4.39 Å². The van der Waals surface area contributed by atoms with E-state index in [1.165, 1.54) is 6.92 Å². The molecule has 1 aromatic rings. The van der Waals surface area contributed by atoms with Crippen molar-refractivity contribution in [3.63, 3.8) is 0 Å². The first-order valence-corrected chi connectivity index (χ1v) is 13.3. The average Bonchev–Trinajstić information content (AvgIpc) is 3.33. The first-order valence-electron chi connectivity index (χ1n) is 11.8. The van der Waals surface area contributed by atoms with E-state index < -0.39 is 94.4 Å². The molecule has 17 nitrogen and oxygen atoms in total. The molecule has 1 N–H and O–H groups in total. The van der Waals surface area contributed by atoms with Crippen molar-refractivity contribution in [3.8, 4) is 0 Å². The maximum Gasteiger partial charge on any atom is 0.510 e. The van der Waals surface area contributed by atoms with E-state index in [4.69, 9.17) is 37.3 Å². The van der Waals surface area contributed by atoms with Crippen LogP contribution in [0.25, 0.3) is 0 Å². The Morgan fingerprint density at radius 2 is 1.68 bits per heavy atom. The fraction of sp³-hybridized carbons (Fsp3) is 0.714. The minimum absolute atomic E-state index is 0.396. The van der Waals surface area contributed by atoms with Crippen molar-refractivity contribution >= 4 is 20.1 Å². The monoisotopic (exact) mass is 600 g/mol. The zero-order valence-electron chi connectivity index (χ0n) is 22.2. The summed E-state index contributed by atoms with van der Waals surface area (Å²) in [6.45, 7) is 3.92. The number of alkyl halides is 1. The topological polar surface area (TPSA) is 198 Å². The zero-order valence-corrected chi connectivity index (χ0v) is 23.1. The number of carbonyl (C=O) groups is 2. The van der Waals surface area contributed by atoms with Gasteiger partial charge in [0.15, 0.2) is 12.3 Å². The zero-order chi connectivity index (χ0) is 29.7. The number of nitrogens with one attached hydrogen (secondary N) is 1. The van der Waals surface area contributed by atoms with Crippen molar-refractivity contribution in [3.05, 3.63) is 33.1 Å². The third-order valence-corrected chi connectivity index (χ3v) is 6.57. The van der Waals surface area contributed by atoms with Crippen LogP contribution in [-0.4, -0.2) is 78.6 Å². The van der Waals surface area contributed by atoms with Gasteiger partial charge in [-0.3, -0.25) is 18.9 Å². The van der Waals surface area contributed by atoms with Crippen LogP contribution >= 0.6 is 7.82 Å². The van der Waals surface area contributed by atoms with E-state index in [2.05, 4.69) is 9.47 Å². The minimum atomic E-state index is -4.86. The first-order chi connectivity index (χ1) is 18.7.